The average molecular weight is 414 g/mol. The largest absolute Gasteiger partial charge is 0.348 e. The van der Waals surface area contributed by atoms with Gasteiger partial charge in [0.25, 0.3) is 11.5 Å². The second kappa shape index (κ2) is 6.88. The lowest BCUT2D eigenvalue weighted by molar-refractivity contribution is 0.0949. The summed E-state index contributed by atoms with van der Waals surface area (Å²) in [5, 5.41) is 7.69. The lowest BCUT2D eigenvalue weighted by atomic mass is 10.1. The number of benzene rings is 1. The second-order valence-electron chi connectivity index (χ2n) is 5.31. The van der Waals surface area contributed by atoms with E-state index in [9.17, 15) is 18.0 Å². The molecule has 0 aliphatic heterocycles. The molecular weight excluding hydrogens is 398 g/mol. The molecule has 0 spiro atoms. The van der Waals surface area contributed by atoms with Gasteiger partial charge in [0.05, 0.1) is 10.5 Å². The molecule has 1 aromatic heterocycles. The summed E-state index contributed by atoms with van der Waals surface area (Å²) in [6.45, 7) is 3.57. The molecule has 1 aromatic carbocycles. The summed E-state index contributed by atoms with van der Waals surface area (Å²) in [5.74, 6) is -0.522. The van der Waals surface area contributed by atoms with Crippen molar-refractivity contribution in [3.63, 3.8) is 0 Å². The Bertz CT molecular complexity index is 967. The molecule has 0 fully saturated rings. The van der Waals surface area contributed by atoms with Crippen molar-refractivity contribution in [2.75, 3.05) is 0 Å². The number of pyridine rings is 1. The molecule has 7 nitrogen and oxygen atoms in total. The summed E-state index contributed by atoms with van der Waals surface area (Å²) in [7, 11) is -3.92. The molecule has 0 saturated heterocycles. The van der Waals surface area contributed by atoms with Gasteiger partial charge in [0.1, 0.15) is 0 Å². The van der Waals surface area contributed by atoms with Crippen LogP contribution in [0.2, 0.25) is 0 Å². The highest BCUT2D eigenvalue weighted by molar-refractivity contribution is 9.10. The highest BCUT2D eigenvalue weighted by atomic mass is 79.9. The zero-order chi connectivity index (χ0) is 18.1. The minimum Gasteiger partial charge on any atom is -0.348 e. The molecule has 128 valence electrons. The molecule has 0 saturated carbocycles. The second-order valence-corrected chi connectivity index (χ2v) is 7.73. The maximum Gasteiger partial charge on any atom is 0.253 e. The van der Waals surface area contributed by atoms with Crippen molar-refractivity contribution >= 4 is 31.9 Å². The minimum absolute atomic E-state index is 0.0202. The third kappa shape index (κ3) is 4.11. The van der Waals surface area contributed by atoms with Crippen LogP contribution in [0.1, 0.15) is 27.2 Å². The van der Waals surface area contributed by atoms with E-state index < -0.39 is 15.9 Å². The van der Waals surface area contributed by atoms with Gasteiger partial charge >= 0.3 is 0 Å². The Morgan fingerprint density at radius 2 is 1.96 bits per heavy atom. The Morgan fingerprint density at radius 3 is 2.54 bits per heavy atom. The Balaban J connectivity index is 2.27. The Morgan fingerprint density at radius 1 is 1.29 bits per heavy atom. The van der Waals surface area contributed by atoms with Crippen molar-refractivity contribution in [1.29, 1.82) is 0 Å². The maximum absolute atomic E-state index is 12.3. The molecule has 1 heterocycles. The zero-order valence-electron chi connectivity index (χ0n) is 13.0. The number of amides is 1. The van der Waals surface area contributed by atoms with Crippen LogP contribution in [0.15, 0.2) is 38.4 Å². The highest BCUT2D eigenvalue weighted by Crippen LogP contribution is 2.20. The van der Waals surface area contributed by atoms with Gasteiger partial charge in [-0.3, -0.25) is 9.59 Å². The Labute approximate surface area is 147 Å². The van der Waals surface area contributed by atoms with Crippen molar-refractivity contribution in [3.05, 3.63) is 61.5 Å². The van der Waals surface area contributed by atoms with Gasteiger partial charge in [0.2, 0.25) is 10.0 Å². The van der Waals surface area contributed by atoms with Crippen LogP contribution in [0, 0.1) is 13.8 Å². The molecule has 0 atom stereocenters. The van der Waals surface area contributed by atoms with E-state index in [4.69, 9.17) is 5.14 Å². The third-order valence-electron chi connectivity index (χ3n) is 3.43. The van der Waals surface area contributed by atoms with Gasteiger partial charge in [0, 0.05) is 22.3 Å². The summed E-state index contributed by atoms with van der Waals surface area (Å²) >= 11 is 3.20. The van der Waals surface area contributed by atoms with Gasteiger partial charge in [-0.2, -0.15) is 0 Å². The maximum atomic E-state index is 12.3. The Hall–Kier alpha value is -1.97. The standard InChI is InChI=1S/C15H16BrN3O4S/c1-8-5-9(2)19-15(21)12(8)7-18-14(20)11-6-10(24(17,22)23)3-4-13(11)16/h3-6H,7H2,1-2H3,(H,18,20)(H,19,21)(H2,17,22,23). The first-order valence-corrected chi connectivity index (χ1v) is 9.23. The summed E-state index contributed by atoms with van der Waals surface area (Å²) in [6, 6.07) is 5.71. The van der Waals surface area contributed by atoms with E-state index in [0.717, 1.165) is 11.3 Å². The number of nitrogens with one attached hydrogen (secondary N) is 2. The van der Waals surface area contributed by atoms with Crippen molar-refractivity contribution < 1.29 is 13.2 Å². The number of aryl methyl sites for hydroxylation is 2. The summed E-state index contributed by atoms with van der Waals surface area (Å²) in [6.07, 6.45) is 0. The van der Waals surface area contributed by atoms with E-state index in [-0.39, 0.29) is 22.6 Å². The van der Waals surface area contributed by atoms with Crippen LogP contribution in [0.3, 0.4) is 0 Å². The van der Waals surface area contributed by atoms with Gasteiger partial charge in [-0.25, -0.2) is 13.6 Å². The number of hydrogen-bond acceptors (Lipinski definition) is 4. The molecule has 0 unspecified atom stereocenters. The topological polar surface area (TPSA) is 122 Å². The number of rotatable bonds is 4. The lowest BCUT2D eigenvalue weighted by Gasteiger charge is -2.10. The van der Waals surface area contributed by atoms with Crippen molar-refractivity contribution in [2.45, 2.75) is 25.3 Å². The van der Waals surface area contributed by atoms with Gasteiger partial charge in [-0.1, -0.05) is 0 Å². The number of aromatic nitrogens is 1. The number of halogens is 1. The molecule has 2 rings (SSSR count). The summed E-state index contributed by atoms with van der Waals surface area (Å²) in [4.78, 5) is 26.8. The summed E-state index contributed by atoms with van der Waals surface area (Å²) in [5.41, 5.74) is 1.77. The van der Waals surface area contributed by atoms with Crippen LogP contribution in [0.5, 0.6) is 0 Å². The fourth-order valence-electron chi connectivity index (χ4n) is 2.22. The number of primary sulfonamides is 1. The van der Waals surface area contributed by atoms with Crippen molar-refractivity contribution in [3.8, 4) is 0 Å². The summed E-state index contributed by atoms with van der Waals surface area (Å²) < 4.78 is 23.2. The van der Waals surface area contributed by atoms with Gasteiger partial charge in [-0.15, -0.1) is 0 Å². The Kier molecular flexibility index (Phi) is 5.26. The number of aromatic amines is 1. The SMILES string of the molecule is Cc1cc(C)c(CNC(=O)c2cc(S(N)(=O)=O)ccc2Br)c(=O)[nH]1. The first kappa shape index (κ1) is 18.4. The first-order chi connectivity index (χ1) is 11.1. The fraction of sp³-hybridized carbons (Fsp3) is 0.200. The number of carbonyl (C=O) groups excluding carboxylic acids is 1. The number of sulfonamides is 1. The molecule has 0 aliphatic rings. The van der Waals surface area contributed by atoms with Gasteiger partial charge in [-0.05, 0) is 59.6 Å². The molecular formula is C15H16BrN3O4S. The van der Waals surface area contributed by atoms with E-state index in [1.54, 1.807) is 19.9 Å². The van der Waals surface area contributed by atoms with Crippen LogP contribution in [-0.4, -0.2) is 19.3 Å². The smallest absolute Gasteiger partial charge is 0.253 e. The van der Waals surface area contributed by atoms with E-state index in [0.29, 0.717) is 10.0 Å². The number of hydrogen-bond donors (Lipinski definition) is 3. The molecule has 24 heavy (non-hydrogen) atoms. The van der Waals surface area contributed by atoms with E-state index in [1.807, 2.05) is 0 Å². The van der Waals surface area contributed by atoms with Gasteiger partial charge < -0.3 is 10.3 Å². The monoisotopic (exact) mass is 413 g/mol. The number of nitrogens with two attached hydrogens (primary N) is 1. The normalized spacial score (nSPS) is 11.3. The molecule has 0 bridgehead atoms. The highest BCUT2D eigenvalue weighted by Gasteiger charge is 2.16. The molecule has 9 heteroatoms. The molecule has 2 aromatic rings. The van der Waals surface area contributed by atoms with Crippen molar-refractivity contribution in [2.24, 2.45) is 5.14 Å². The van der Waals surface area contributed by atoms with Crippen molar-refractivity contribution in [1.82, 2.24) is 10.3 Å². The van der Waals surface area contributed by atoms with E-state index in [1.165, 1.54) is 18.2 Å². The van der Waals surface area contributed by atoms with Crippen LogP contribution >= 0.6 is 15.9 Å². The number of H-pyrrole nitrogens is 1. The minimum atomic E-state index is -3.92. The molecule has 0 radical (unpaired) electrons. The molecule has 4 N–H and O–H groups in total. The molecule has 0 aliphatic carbocycles. The first-order valence-electron chi connectivity index (χ1n) is 6.89. The van der Waals surface area contributed by atoms with Crippen LogP contribution in [-0.2, 0) is 16.6 Å². The lowest BCUT2D eigenvalue weighted by Crippen LogP contribution is -2.28. The fourth-order valence-corrected chi connectivity index (χ4v) is 3.19. The van der Waals surface area contributed by atoms with E-state index in [2.05, 4.69) is 26.2 Å². The average Bonchev–Trinajstić information content (AvgIpc) is 2.45. The van der Waals surface area contributed by atoms with Gasteiger partial charge in [0.15, 0.2) is 0 Å². The van der Waals surface area contributed by atoms with Crippen LogP contribution < -0.4 is 16.0 Å². The van der Waals surface area contributed by atoms with Crippen LogP contribution in [0.25, 0.3) is 0 Å². The predicted molar refractivity (Wildman–Crippen MR) is 93.2 cm³/mol. The molecule has 1 amide bonds. The zero-order valence-corrected chi connectivity index (χ0v) is 15.4. The quantitative estimate of drug-likeness (QED) is 0.699. The third-order valence-corrected chi connectivity index (χ3v) is 5.03. The predicted octanol–water partition coefficient (Wildman–Crippen LogP) is 1.33. The van der Waals surface area contributed by atoms with Crippen LogP contribution in [0.4, 0.5) is 0 Å². The number of carbonyl (C=O) groups is 1. The van der Waals surface area contributed by atoms with E-state index >= 15 is 0 Å².